The molecule has 4 nitrogen and oxygen atoms in total. The van der Waals surface area contributed by atoms with Gasteiger partial charge in [0.05, 0.1) is 6.20 Å². The largest absolute Gasteiger partial charge is 0.368 e. The zero-order chi connectivity index (χ0) is 13.9. The molecule has 1 aromatic carbocycles. The zero-order valence-corrected chi connectivity index (χ0v) is 12.3. The van der Waals surface area contributed by atoms with E-state index in [9.17, 15) is 0 Å². The van der Waals surface area contributed by atoms with Gasteiger partial charge in [0, 0.05) is 36.9 Å². The van der Waals surface area contributed by atoms with Gasteiger partial charge in [-0.15, -0.1) is 0 Å². The molecule has 0 bridgehead atoms. The lowest BCUT2D eigenvalue weighted by Gasteiger charge is -2.36. The first-order valence-corrected chi connectivity index (χ1v) is 7.20. The van der Waals surface area contributed by atoms with Gasteiger partial charge in [0.1, 0.15) is 11.3 Å². The van der Waals surface area contributed by atoms with Gasteiger partial charge in [-0.1, -0.05) is 23.2 Å². The van der Waals surface area contributed by atoms with E-state index in [1.165, 1.54) is 12.0 Å². The van der Waals surface area contributed by atoms with Crippen LogP contribution >= 0.6 is 23.2 Å². The van der Waals surface area contributed by atoms with Gasteiger partial charge in [-0.3, -0.25) is 0 Å². The Morgan fingerprint density at radius 3 is 2.20 bits per heavy atom. The summed E-state index contributed by atoms with van der Waals surface area (Å²) in [5.74, 6) is 0.817. The third kappa shape index (κ3) is 2.81. The Morgan fingerprint density at radius 2 is 1.55 bits per heavy atom. The highest BCUT2D eigenvalue weighted by molar-refractivity contribution is 6.32. The number of nitrogens with zero attached hydrogens (tertiary/aromatic N) is 4. The van der Waals surface area contributed by atoms with Crippen LogP contribution in [0.2, 0.25) is 10.0 Å². The minimum absolute atomic E-state index is 0.604. The van der Waals surface area contributed by atoms with Crippen LogP contribution in [0.4, 0.5) is 11.5 Å². The van der Waals surface area contributed by atoms with Crippen LogP contribution < -0.4 is 9.80 Å². The Labute approximate surface area is 128 Å². The highest BCUT2D eigenvalue weighted by atomic mass is 35.5. The first kappa shape index (κ1) is 13.5. The number of anilines is 2. The second-order valence-electron chi connectivity index (χ2n) is 4.64. The lowest BCUT2D eigenvalue weighted by Crippen LogP contribution is -2.46. The molecular formula is C14H14Cl2N4. The van der Waals surface area contributed by atoms with Crippen molar-refractivity contribution < 1.29 is 0 Å². The van der Waals surface area contributed by atoms with Crippen LogP contribution in [-0.2, 0) is 0 Å². The minimum atomic E-state index is 0.604. The standard InChI is InChI=1S/C14H14Cl2N4/c15-11-1-3-12(4-2-11)19-5-7-20(8-6-19)14-13(16)9-17-10-18-14/h1-4,9-10H,5-8H2. The van der Waals surface area contributed by atoms with Crippen LogP contribution in [0.25, 0.3) is 0 Å². The van der Waals surface area contributed by atoms with Crippen LogP contribution in [0.5, 0.6) is 0 Å². The average Bonchev–Trinajstić information content (AvgIpc) is 2.49. The molecule has 104 valence electrons. The number of benzene rings is 1. The number of aromatic nitrogens is 2. The lowest BCUT2D eigenvalue weighted by molar-refractivity contribution is 0.647. The monoisotopic (exact) mass is 308 g/mol. The predicted octanol–water partition coefficient (Wildman–Crippen LogP) is 3.11. The molecule has 1 fully saturated rings. The molecule has 0 radical (unpaired) electrons. The molecule has 0 unspecified atom stereocenters. The fraction of sp³-hybridized carbons (Fsp3) is 0.286. The Hall–Kier alpha value is -1.52. The van der Waals surface area contributed by atoms with E-state index in [0.717, 1.165) is 37.0 Å². The minimum Gasteiger partial charge on any atom is -0.368 e. The Balaban J connectivity index is 1.68. The fourth-order valence-corrected chi connectivity index (χ4v) is 2.72. The van der Waals surface area contributed by atoms with E-state index in [1.54, 1.807) is 6.20 Å². The van der Waals surface area contributed by atoms with Gasteiger partial charge in [0.15, 0.2) is 5.82 Å². The van der Waals surface area contributed by atoms with E-state index in [-0.39, 0.29) is 0 Å². The third-order valence-electron chi connectivity index (χ3n) is 3.42. The van der Waals surface area contributed by atoms with Crippen LogP contribution in [0, 0.1) is 0 Å². The summed E-state index contributed by atoms with van der Waals surface area (Å²) in [6.07, 6.45) is 3.17. The van der Waals surface area contributed by atoms with E-state index in [0.29, 0.717) is 5.02 Å². The molecule has 2 aromatic rings. The van der Waals surface area contributed by atoms with Crippen molar-refractivity contribution in [3.05, 3.63) is 46.8 Å². The lowest BCUT2D eigenvalue weighted by atomic mass is 10.2. The summed E-state index contributed by atoms with van der Waals surface area (Å²) in [5.41, 5.74) is 1.20. The highest BCUT2D eigenvalue weighted by Gasteiger charge is 2.19. The summed E-state index contributed by atoms with van der Waals surface area (Å²) in [6.45, 7) is 3.64. The van der Waals surface area contributed by atoms with Crippen LogP contribution in [0.3, 0.4) is 0 Å². The van der Waals surface area contributed by atoms with E-state index >= 15 is 0 Å². The van der Waals surface area contributed by atoms with Crippen molar-refractivity contribution in [2.75, 3.05) is 36.0 Å². The molecule has 0 saturated carbocycles. The Bertz CT molecular complexity index is 580. The molecule has 1 aliphatic rings. The molecule has 2 heterocycles. The first-order valence-electron chi connectivity index (χ1n) is 6.45. The van der Waals surface area contributed by atoms with E-state index in [1.807, 2.05) is 12.1 Å². The third-order valence-corrected chi connectivity index (χ3v) is 3.94. The highest BCUT2D eigenvalue weighted by Crippen LogP contribution is 2.24. The number of rotatable bonds is 2. The maximum absolute atomic E-state index is 6.13. The van der Waals surface area contributed by atoms with Gasteiger partial charge >= 0.3 is 0 Å². The summed E-state index contributed by atoms with van der Waals surface area (Å²) in [5, 5.41) is 1.37. The predicted molar refractivity (Wildman–Crippen MR) is 82.9 cm³/mol. The van der Waals surface area contributed by atoms with Crippen LogP contribution in [-0.4, -0.2) is 36.1 Å². The molecule has 3 rings (SSSR count). The van der Waals surface area contributed by atoms with Gasteiger partial charge in [-0.25, -0.2) is 9.97 Å². The molecule has 0 amide bonds. The number of piperazine rings is 1. The quantitative estimate of drug-likeness (QED) is 0.853. The van der Waals surface area contributed by atoms with Crippen molar-refractivity contribution in [2.24, 2.45) is 0 Å². The van der Waals surface area contributed by atoms with Crippen molar-refractivity contribution >= 4 is 34.7 Å². The number of halogens is 2. The molecule has 0 aliphatic carbocycles. The topological polar surface area (TPSA) is 32.3 Å². The summed E-state index contributed by atoms with van der Waals surface area (Å²) in [7, 11) is 0. The fourth-order valence-electron chi connectivity index (χ4n) is 2.37. The van der Waals surface area contributed by atoms with Crippen molar-refractivity contribution in [3.8, 4) is 0 Å². The van der Waals surface area contributed by atoms with E-state index in [2.05, 4.69) is 31.9 Å². The zero-order valence-electron chi connectivity index (χ0n) is 10.8. The normalized spacial score (nSPS) is 15.5. The Morgan fingerprint density at radius 1 is 0.900 bits per heavy atom. The summed E-state index contributed by atoms with van der Waals surface area (Å²) >= 11 is 12.0. The second-order valence-corrected chi connectivity index (χ2v) is 5.49. The molecule has 0 spiro atoms. The SMILES string of the molecule is Clc1ccc(N2CCN(c3ncncc3Cl)CC2)cc1. The molecule has 1 aliphatic heterocycles. The molecule has 1 aromatic heterocycles. The van der Waals surface area contributed by atoms with Gasteiger partial charge in [-0.2, -0.15) is 0 Å². The van der Waals surface area contributed by atoms with E-state index in [4.69, 9.17) is 23.2 Å². The molecule has 0 atom stereocenters. The summed E-state index contributed by atoms with van der Waals surface area (Å²) < 4.78 is 0. The maximum Gasteiger partial charge on any atom is 0.150 e. The molecular weight excluding hydrogens is 295 g/mol. The van der Waals surface area contributed by atoms with Crippen LogP contribution in [0.1, 0.15) is 0 Å². The second kappa shape index (κ2) is 5.85. The van der Waals surface area contributed by atoms with Crippen molar-refractivity contribution in [2.45, 2.75) is 0 Å². The van der Waals surface area contributed by atoms with Gasteiger partial charge in [0.25, 0.3) is 0 Å². The molecule has 1 saturated heterocycles. The van der Waals surface area contributed by atoms with Gasteiger partial charge in [0.2, 0.25) is 0 Å². The average molecular weight is 309 g/mol. The van der Waals surface area contributed by atoms with Crippen LogP contribution in [0.15, 0.2) is 36.8 Å². The first-order chi connectivity index (χ1) is 9.74. The van der Waals surface area contributed by atoms with Crippen molar-refractivity contribution in [1.29, 1.82) is 0 Å². The van der Waals surface area contributed by atoms with Gasteiger partial charge < -0.3 is 9.80 Å². The molecule has 0 N–H and O–H groups in total. The summed E-state index contributed by atoms with van der Waals surface area (Å²) in [4.78, 5) is 12.7. The van der Waals surface area contributed by atoms with Crippen molar-refractivity contribution in [3.63, 3.8) is 0 Å². The van der Waals surface area contributed by atoms with Crippen molar-refractivity contribution in [1.82, 2.24) is 9.97 Å². The smallest absolute Gasteiger partial charge is 0.150 e. The maximum atomic E-state index is 6.13. The number of hydrogen-bond acceptors (Lipinski definition) is 4. The Kier molecular flexibility index (Phi) is 3.94. The number of hydrogen-bond donors (Lipinski definition) is 0. The van der Waals surface area contributed by atoms with Gasteiger partial charge in [-0.05, 0) is 24.3 Å². The molecule has 6 heteroatoms. The van der Waals surface area contributed by atoms with E-state index < -0.39 is 0 Å². The summed E-state index contributed by atoms with van der Waals surface area (Å²) in [6, 6.07) is 7.94. The molecule has 20 heavy (non-hydrogen) atoms.